The van der Waals surface area contributed by atoms with Gasteiger partial charge in [0.1, 0.15) is 5.75 Å². The molecule has 1 unspecified atom stereocenters. The molecule has 0 aliphatic heterocycles. The first-order valence-electron chi connectivity index (χ1n) is 7.68. The Labute approximate surface area is 128 Å². The highest BCUT2D eigenvalue weighted by atomic mass is 16.5. The lowest BCUT2D eigenvalue weighted by atomic mass is 9.99. The van der Waals surface area contributed by atoms with Crippen LogP contribution in [-0.2, 0) is 0 Å². The van der Waals surface area contributed by atoms with E-state index >= 15 is 0 Å². The van der Waals surface area contributed by atoms with Gasteiger partial charge in [-0.2, -0.15) is 0 Å². The topological polar surface area (TPSA) is 21.3 Å². The van der Waals surface area contributed by atoms with Crippen LogP contribution in [0.3, 0.4) is 0 Å². The third-order valence-electron chi connectivity index (χ3n) is 3.61. The second-order valence-electron chi connectivity index (χ2n) is 5.57. The summed E-state index contributed by atoms with van der Waals surface area (Å²) >= 11 is 0. The van der Waals surface area contributed by atoms with Crippen molar-refractivity contribution < 1.29 is 4.74 Å². The quantitative estimate of drug-likeness (QED) is 0.821. The molecule has 2 heteroatoms. The lowest BCUT2D eigenvalue weighted by molar-refractivity contribution is 0.242. The largest absolute Gasteiger partial charge is 0.491 e. The van der Waals surface area contributed by atoms with Crippen molar-refractivity contribution in [3.8, 4) is 16.9 Å². The minimum Gasteiger partial charge on any atom is -0.491 e. The van der Waals surface area contributed by atoms with Gasteiger partial charge in [-0.3, -0.25) is 0 Å². The molecule has 2 nitrogen and oxygen atoms in total. The SMILES string of the molecule is CCC(NC)c1ccc(-c2cccc(OC(C)C)c2)cc1. The number of hydrogen-bond donors (Lipinski definition) is 1. The molecule has 0 amide bonds. The summed E-state index contributed by atoms with van der Waals surface area (Å²) in [5, 5.41) is 3.34. The van der Waals surface area contributed by atoms with Crippen LogP contribution >= 0.6 is 0 Å². The van der Waals surface area contributed by atoms with E-state index in [1.165, 1.54) is 16.7 Å². The van der Waals surface area contributed by atoms with Crippen molar-refractivity contribution in [2.75, 3.05) is 7.05 Å². The highest BCUT2D eigenvalue weighted by Gasteiger charge is 2.07. The zero-order valence-electron chi connectivity index (χ0n) is 13.4. The summed E-state index contributed by atoms with van der Waals surface area (Å²) < 4.78 is 5.76. The average Bonchev–Trinajstić information content (AvgIpc) is 2.49. The fourth-order valence-corrected chi connectivity index (χ4v) is 2.54. The van der Waals surface area contributed by atoms with Gasteiger partial charge in [0.05, 0.1) is 6.10 Å². The molecule has 0 bridgehead atoms. The minimum atomic E-state index is 0.198. The maximum Gasteiger partial charge on any atom is 0.120 e. The monoisotopic (exact) mass is 283 g/mol. The summed E-state index contributed by atoms with van der Waals surface area (Å²) in [6.07, 6.45) is 1.29. The molecule has 2 aromatic carbocycles. The lowest BCUT2D eigenvalue weighted by Gasteiger charge is -2.15. The zero-order chi connectivity index (χ0) is 15.2. The smallest absolute Gasteiger partial charge is 0.120 e. The van der Waals surface area contributed by atoms with Gasteiger partial charge < -0.3 is 10.1 Å². The van der Waals surface area contributed by atoms with Gasteiger partial charge in [0.2, 0.25) is 0 Å². The molecule has 1 N–H and O–H groups in total. The molecule has 21 heavy (non-hydrogen) atoms. The van der Waals surface area contributed by atoms with E-state index in [-0.39, 0.29) is 6.10 Å². The Bertz CT molecular complexity index is 556. The van der Waals surface area contributed by atoms with Crippen LogP contribution < -0.4 is 10.1 Å². The first-order valence-corrected chi connectivity index (χ1v) is 7.68. The Morgan fingerprint density at radius 1 is 1.00 bits per heavy atom. The molecule has 0 fully saturated rings. The van der Waals surface area contributed by atoms with Crippen LogP contribution in [0.1, 0.15) is 38.8 Å². The zero-order valence-corrected chi connectivity index (χ0v) is 13.4. The van der Waals surface area contributed by atoms with E-state index in [4.69, 9.17) is 4.74 Å². The predicted octanol–water partition coefficient (Wildman–Crippen LogP) is 4.81. The molecule has 2 aromatic rings. The third kappa shape index (κ3) is 4.08. The van der Waals surface area contributed by atoms with E-state index in [2.05, 4.69) is 48.6 Å². The Hall–Kier alpha value is -1.80. The Morgan fingerprint density at radius 3 is 2.29 bits per heavy atom. The van der Waals surface area contributed by atoms with E-state index in [0.717, 1.165) is 12.2 Å². The van der Waals surface area contributed by atoms with E-state index in [0.29, 0.717) is 6.04 Å². The van der Waals surface area contributed by atoms with Crippen LogP contribution in [0, 0.1) is 0 Å². The number of rotatable bonds is 6. The molecule has 0 aliphatic carbocycles. The van der Waals surface area contributed by atoms with Crippen molar-refractivity contribution in [2.24, 2.45) is 0 Å². The molecule has 1 atom stereocenters. The molecule has 0 aromatic heterocycles. The fraction of sp³-hybridized carbons (Fsp3) is 0.368. The van der Waals surface area contributed by atoms with Crippen LogP contribution in [0.5, 0.6) is 5.75 Å². The van der Waals surface area contributed by atoms with E-state index in [1.54, 1.807) is 0 Å². The number of nitrogens with one attached hydrogen (secondary N) is 1. The van der Waals surface area contributed by atoms with E-state index < -0.39 is 0 Å². The Morgan fingerprint density at radius 2 is 1.71 bits per heavy atom. The lowest BCUT2D eigenvalue weighted by Crippen LogP contribution is -2.14. The normalized spacial score (nSPS) is 12.4. The van der Waals surface area contributed by atoms with Gasteiger partial charge in [0.15, 0.2) is 0 Å². The Balaban J connectivity index is 2.22. The maximum atomic E-state index is 5.76. The van der Waals surface area contributed by atoms with Gasteiger partial charge in [-0.05, 0) is 56.1 Å². The van der Waals surface area contributed by atoms with Crippen LogP contribution in [0.25, 0.3) is 11.1 Å². The molecule has 112 valence electrons. The molecule has 0 radical (unpaired) electrons. The summed E-state index contributed by atoms with van der Waals surface area (Å²) in [7, 11) is 2.01. The first-order chi connectivity index (χ1) is 10.1. The number of benzene rings is 2. The molecule has 0 saturated heterocycles. The van der Waals surface area contributed by atoms with Gasteiger partial charge in [-0.15, -0.1) is 0 Å². The Kier molecular flexibility index (Phi) is 5.40. The fourth-order valence-electron chi connectivity index (χ4n) is 2.54. The van der Waals surface area contributed by atoms with Gasteiger partial charge >= 0.3 is 0 Å². The van der Waals surface area contributed by atoms with Crippen molar-refractivity contribution in [2.45, 2.75) is 39.3 Å². The molecule has 0 spiro atoms. The van der Waals surface area contributed by atoms with Crippen molar-refractivity contribution in [3.63, 3.8) is 0 Å². The summed E-state index contributed by atoms with van der Waals surface area (Å²) in [5.41, 5.74) is 3.74. The molecule has 0 heterocycles. The summed E-state index contributed by atoms with van der Waals surface area (Å²) in [6, 6.07) is 17.5. The first kappa shape index (κ1) is 15.6. The predicted molar refractivity (Wildman–Crippen MR) is 89.7 cm³/mol. The van der Waals surface area contributed by atoms with Crippen LogP contribution in [0.2, 0.25) is 0 Å². The van der Waals surface area contributed by atoms with E-state index in [1.807, 2.05) is 33.0 Å². The van der Waals surface area contributed by atoms with Gasteiger partial charge in [-0.1, -0.05) is 43.3 Å². The van der Waals surface area contributed by atoms with Crippen LogP contribution in [0.4, 0.5) is 0 Å². The molecule has 2 rings (SSSR count). The molecule has 0 saturated carbocycles. The van der Waals surface area contributed by atoms with Crippen molar-refractivity contribution in [1.29, 1.82) is 0 Å². The summed E-state index contributed by atoms with van der Waals surface area (Å²) in [5.74, 6) is 0.924. The number of ether oxygens (including phenoxy) is 1. The van der Waals surface area contributed by atoms with Gasteiger partial charge in [0.25, 0.3) is 0 Å². The molecular formula is C19H25NO. The van der Waals surface area contributed by atoms with Crippen molar-refractivity contribution in [1.82, 2.24) is 5.32 Å². The van der Waals surface area contributed by atoms with Crippen LogP contribution in [-0.4, -0.2) is 13.2 Å². The second kappa shape index (κ2) is 7.28. The maximum absolute atomic E-state index is 5.76. The standard InChI is InChI=1S/C19H25NO/c1-5-19(20-4)16-11-9-15(10-12-16)17-7-6-8-18(13-17)21-14(2)3/h6-14,19-20H,5H2,1-4H3. The summed E-state index contributed by atoms with van der Waals surface area (Å²) in [6.45, 7) is 6.29. The van der Waals surface area contributed by atoms with Gasteiger partial charge in [0, 0.05) is 6.04 Å². The molecular weight excluding hydrogens is 258 g/mol. The van der Waals surface area contributed by atoms with E-state index in [9.17, 15) is 0 Å². The highest BCUT2D eigenvalue weighted by Crippen LogP contribution is 2.26. The van der Waals surface area contributed by atoms with Gasteiger partial charge in [-0.25, -0.2) is 0 Å². The van der Waals surface area contributed by atoms with Crippen molar-refractivity contribution >= 4 is 0 Å². The second-order valence-corrected chi connectivity index (χ2v) is 5.57. The highest BCUT2D eigenvalue weighted by molar-refractivity contribution is 5.65. The average molecular weight is 283 g/mol. The van der Waals surface area contributed by atoms with Crippen LogP contribution in [0.15, 0.2) is 48.5 Å². The third-order valence-corrected chi connectivity index (χ3v) is 3.61. The molecule has 0 aliphatic rings. The number of hydrogen-bond acceptors (Lipinski definition) is 2. The van der Waals surface area contributed by atoms with Crippen molar-refractivity contribution in [3.05, 3.63) is 54.1 Å². The summed E-state index contributed by atoms with van der Waals surface area (Å²) in [4.78, 5) is 0. The minimum absolute atomic E-state index is 0.198.